The Morgan fingerprint density at radius 1 is 1.24 bits per heavy atom. The van der Waals surface area contributed by atoms with Gasteiger partial charge in [0.25, 0.3) is 0 Å². The normalized spacial score (nSPS) is 11.8. The van der Waals surface area contributed by atoms with E-state index in [1.165, 1.54) is 30.3 Å². The van der Waals surface area contributed by atoms with Crippen LogP contribution in [0.3, 0.4) is 0 Å². The van der Waals surface area contributed by atoms with Gasteiger partial charge in [-0.3, -0.25) is 4.79 Å². The van der Waals surface area contributed by atoms with Gasteiger partial charge in [-0.05, 0) is 40.9 Å². The standard InChI is InChI=1S/C14H21N2O4S.C8H6F3.K/c1-4-20-12-8-10(5-6-13(12)21(18)19)16-14(17)11(15)7-9(2)3;9-8(10,11)6-7-4-2-1-3-5-7;/h5-6,8-9,11H,4,7,15H2,1-3H3,(H,16,17);1-2,4-5H,6H2;/q2*-1;+1. The summed E-state index contributed by atoms with van der Waals surface area (Å²) in [7, 11) is -2.39. The minimum atomic E-state index is -4.12. The molecule has 2 aromatic rings. The van der Waals surface area contributed by atoms with Gasteiger partial charge in [-0.1, -0.05) is 19.9 Å². The smallest absolute Gasteiger partial charge is 0.495 e. The minimum Gasteiger partial charge on any atom is -0.495 e. The van der Waals surface area contributed by atoms with Crippen LogP contribution in [0.15, 0.2) is 47.4 Å². The van der Waals surface area contributed by atoms with Crippen molar-refractivity contribution in [1.29, 1.82) is 0 Å². The number of halogens is 3. The quantitative estimate of drug-likeness (QED) is 0.319. The van der Waals surface area contributed by atoms with Crippen LogP contribution in [0.5, 0.6) is 5.75 Å². The molecule has 0 aliphatic heterocycles. The molecule has 6 nitrogen and oxygen atoms in total. The van der Waals surface area contributed by atoms with E-state index in [4.69, 9.17) is 10.5 Å². The molecule has 0 aliphatic carbocycles. The first-order valence-corrected chi connectivity index (χ1v) is 10.9. The summed E-state index contributed by atoms with van der Waals surface area (Å²) >= 11 is 0. The second kappa shape index (κ2) is 15.9. The molecule has 3 N–H and O–H groups in total. The van der Waals surface area contributed by atoms with Gasteiger partial charge in [-0.2, -0.15) is 43.5 Å². The third kappa shape index (κ3) is 13.5. The largest absolute Gasteiger partial charge is 1.00 e. The first-order chi connectivity index (χ1) is 14.9. The van der Waals surface area contributed by atoms with Crippen LogP contribution in [0.25, 0.3) is 0 Å². The fourth-order valence-corrected chi connectivity index (χ4v) is 3.07. The predicted molar refractivity (Wildman–Crippen MR) is 116 cm³/mol. The number of carbonyl (C=O) groups excluding carboxylic acids is 1. The van der Waals surface area contributed by atoms with Crippen LogP contribution in [0.1, 0.15) is 32.8 Å². The van der Waals surface area contributed by atoms with Crippen molar-refractivity contribution in [3.63, 3.8) is 0 Å². The minimum absolute atomic E-state index is 0. The number of amides is 1. The van der Waals surface area contributed by atoms with Crippen LogP contribution >= 0.6 is 0 Å². The van der Waals surface area contributed by atoms with Crippen molar-refractivity contribution < 1.29 is 82.5 Å². The molecule has 178 valence electrons. The topological polar surface area (TPSA) is 98.5 Å². The number of benzene rings is 2. The van der Waals surface area contributed by atoms with Crippen LogP contribution in [0.2, 0.25) is 0 Å². The summed E-state index contributed by atoms with van der Waals surface area (Å²) in [6.45, 7) is 6.05. The van der Waals surface area contributed by atoms with Crippen molar-refractivity contribution in [3.8, 4) is 5.75 Å². The molecule has 0 aromatic heterocycles. The zero-order valence-corrected chi connectivity index (χ0v) is 23.0. The van der Waals surface area contributed by atoms with Crippen LogP contribution in [0, 0.1) is 12.0 Å². The summed E-state index contributed by atoms with van der Waals surface area (Å²) in [5, 5.41) is 2.67. The van der Waals surface area contributed by atoms with Crippen molar-refractivity contribution in [1.82, 2.24) is 0 Å². The maximum Gasteiger partial charge on any atom is 1.00 e. The van der Waals surface area contributed by atoms with Gasteiger partial charge in [0, 0.05) is 18.2 Å². The molecule has 33 heavy (non-hydrogen) atoms. The van der Waals surface area contributed by atoms with Gasteiger partial charge >= 0.3 is 57.6 Å². The molecule has 0 spiro atoms. The number of alkyl halides is 3. The summed E-state index contributed by atoms with van der Waals surface area (Å²) in [4.78, 5) is 12.0. The predicted octanol–water partition coefficient (Wildman–Crippen LogP) is 1.66. The van der Waals surface area contributed by atoms with E-state index in [0.717, 1.165) is 0 Å². The third-order valence-electron chi connectivity index (χ3n) is 3.93. The van der Waals surface area contributed by atoms with Crippen molar-refractivity contribution in [3.05, 3.63) is 54.1 Å². The first-order valence-electron chi connectivity index (χ1n) is 9.87. The Morgan fingerprint density at radius 2 is 1.91 bits per heavy atom. The number of hydrogen-bond donors (Lipinski definition) is 2. The Hall–Kier alpha value is -0.954. The van der Waals surface area contributed by atoms with E-state index < -0.39 is 29.3 Å². The van der Waals surface area contributed by atoms with Crippen molar-refractivity contribution in [2.75, 3.05) is 11.9 Å². The molecule has 1 amide bonds. The van der Waals surface area contributed by atoms with Crippen LogP contribution in [0.4, 0.5) is 18.9 Å². The van der Waals surface area contributed by atoms with E-state index >= 15 is 0 Å². The number of ether oxygens (including phenoxy) is 1. The van der Waals surface area contributed by atoms with E-state index in [2.05, 4.69) is 11.4 Å². The monoisotopic (exact) mass is 511 g/mol. The fourth-order valence-electron chi connectivity index (χ4n) is 2.61. The van der Waals surface area contributed by atoms with Gasteiger partial charge < -0.3 is 24.2 Å². The maximum absolute atomic E-state index is 11.9. The molecule has 0 bridgehead atoms. The molecule has 2 aromatic carbocycles. The number of anilines is 1. The molecule has 2 rings (SSSR count). The maximum atomic E-state index is 11.9. The fraction of sp³-hybridized carbons (Fsp3) is 0.409. The average molecular weight is 512 g/mol. The van der Waals surface area contributed by atoms with E-state index in [1.54, 1.807) is 19.1 Å². The van der Waals surface area contributed by atoms with Gasteiger partial charge in [0.2, 0.25) is 5.91 Å². The van der Waals surface area contributed by atoms with E-state index in [0.29, 0.717) is 24.6 Å². The van der Waals surface area contributed by atoms with Crippen LogP contribution in [-0.2, 0) is 30.3 Å². The molecule has 1 atom stereocenters. The molecule has 1 unspecified atom stereocenters. The number of nitrogens with two attached hydrogens (primary N) is 1. The Labute approximate surface area is 236 Å². The van der Waals surface area contributed by atoms with Crippen molar-refractivity contribution in [2.45, 2.75) is 50.7 Å². The molecule has 11 heteroatoms. The van der Waals surface area contributed by atoms with E-state index in [-0.39, 0.29) is 73.5 Å². The first kappa shape index (κ1) is 32.0. The molecule has 0 saturated carbocycles. The Kier molecular flexibility index (Phi) is 15.4. The summed E-state index contributed by atoms with van der Waals surface area (Å²) < 4.78 is 62.6. The second-order valence-electron chi connectivity index (χ2n) is 7.26. The summed E-state index contributed by atoms with van der Waals surface area (Å²) in [5.41, 5.74) is 6.50. The van der Waals surface area contributed by atoms with E-state index in [9.17, 15) is 26.4 Å². The summed E-state index contributed by atoms with van der Waals surface area (Å²) in [6.07, 6.45) is -4.41. The van der Waals surface area contributed by atoms with Crippen LogP contribution < -0.4 is 67.2 Å². The number of rotatable bonds is 8. The van der Waals surface area contributed by atoms with Gasteiger partial charge in [0.05, 0.1) is 12.6 Å². The summed E-state index contributed by atoms with van der Waals surface area (Å²) in [5.74, 6) is 0.221. The number of nitrogens with one attached hydrogen (secondary N) is 1. The zero-order valence-electron chi connectivity index (χ0n) is 19.1. The SMILES string of the molecule is CCOc1cc(NC(=O)C(N)CC(C)C)ccc1[S-](=O)=O.FC(F)(F)Cc1c[c-]ccc1.[K+]. The molecular weight excluding hydrogens is 484 g/mol. The third-order valence-corrected chi connectivity index (χ3v) is 4.63. The summed E-state index contributed by atoms with van der Waals surface area (Å²) in [6, 6.07) is 12.2. The molecular formula is C22H27F3KN2O4S-. The number of hydrogen-bond acceptors (Lipinski definition) is 6. The molecule has 0 saturated heterocycles. The molecule has 0 aliphatic rings. The average Bonchev–Trinajstić information content (AvgIpc) is 2.67. The Balaban J connectivity index is 0.000000720. The van der Waals surface area contributed by atoms with Crippen molar-refractivity contribution >= 4 is 22.3 Å². The molecule has 0 fully saturated rings. The van der Waals surface area contributed by atoms with Gasteiger partial charge in [0.15, 0.2) is 0 Å². The second-order valence-corrected chi connectivity index (χ2v) is 8.17. The van der Waals surface area contributed by atoms with Gasteiger partial charge in [-0.25, -0.2) is 0 Å². The van der Waals surface area contributed by atoms with Crippen LogP contribution in [-0.4, -0.2) is 24.7 Å². The Morgan fingerprint density at radius 3 is 2.39 bits per heavy atom. The van der Waals surface area contributed by atoms with Crippen molar-refractivity contribution in [2.24, 2.45) is 11.7 Å². The van der Waals surface area contributed by atoms with Gasteiger partial charge in [0.1, 0.15) is 5.75 Å². The van der Waals surface area contributed by atoms with Gasteiger partial charge in [-0.15, -0.1) is 5.56 Å². The molecule has 0 heterocycles. The number of carbonyl (C=O) groups is 1. The zero-order chi connectivity index (χ0) is 24.3. The van der Waals surface area contributed by atoms with E-state index in [1.807, 2.05) is 13.8 Å². The molecule has 0 radical (unpaired) electrons. The Bertz CT molecular complexity index is 931.